The first-order valence-electron chi connectivity index (χ1n) is 7.11. The van der Waals surface area contributed by atoms with Crippen LogP contribution in [0.2, 0.25) is 0 Å². The van der Waals surface area contributed by atoms with E-state index in [1.807, 2.05) is 35.2 Å². The first-order valence-corrected chi connectivity index (χ1v) is 10.7. The molecular formula is C14H21NO6S2. The molecule has 1 unspecified atom stereocenters. The van der Waals surface area contributed by atoms with E-state index in [4.69, 9.17) is 8.37 Å². The van der Waals surface area contributed by atoms with Gasteiger partial charge in [-0.3, -0.25) is 13.3 Å². The molecule has 2 atom stereocenters. The maximum atomic E-state index is 11.4. The van der Waals surface area contributed by atoms with Crippen molar-refractivity contribution in [2.75, 3.05) is 32.2 Å². The van der Waals surface area contributed by atoms with Crippen LogP contribution in [0.15, 0.2) is 30.3 Å². The number of benzene rings is 1. The molecule has 1 saturated heterocycles. The minimum atomic E-state index is -3.62. The molecule has 0 aromatic heterocycles. The van der Waals surface area contributed by atoms with Gasteiger partial charge in [0.15, 0.2) is 0 Å². The number of rotatable bonds is 7. The molecule has 1 aliphatic heterocycles. The van der Waals surface area contributed by atoms with Crippen molar-refractivity contribution in [2.24, 2.45) is 5.92 Å². The van der Waals surface area contributed by atoms with Crippen molar-refractivity contribution in [1.29, 1.82) is 0 Å². The summed E-state index contributed by atoms with van der Waals surface area (Å²) in [6.07, 6.45) is 1.34. The molecule has 0 saturated carbocycles. The Balaban J connectivity index is 2.04. The highest BCUT2D eigenvalue weighted by Gasteiger charge is 2.36. The van der Waals surface area contributed by atoms with Gasteiger partial charge in [-0.15, -0.1) is 0 Å². The standard InChI is InChI=1S/C14H21NO6S2/c1-22(16,17)20-11-13-9-15(8-12-6-4-3-5-7-12)10-14(13)21-23(2,18)19/h3-7,13-14H,8-11H2,1-2H3/t13?,14-/m1/s1. The first kappa shape index (κ1) is 18.3. The minimum absolute atomic E-state index is 0.0929. The molecule has 2 rings (SSSR count). The Morgan fingerprint density at radius 2 is 1.70 bits per heavy atom. The number of hydrogen-bond donors (Lipinski definition) is 0. The quantitative estimate of drug-likeness (QED) is 0.649. The van der Waals surface area contributed by atoms with Gasteiger partial charge in [-0.25, -0.2) is 0 Å². The lowest BCUT2D eigenvalue weighted by Crippen LogP contribution is -2.29. The normalized spacial score (nSPS) is 23.2. The summed E-state index contributed by atoms with van der Waals surface area (Å²) >= 11 is 0. The van der Waals surface area contributed by atoms with Gasteiger partial charge in [0.1, 0.15) is 0 Å². The van der Waals surface area contributed by atoms with E-state index < -0.39 is 26.3 Å². The Hall–Kier alpha value is -1.00. The van der Waals surface area contributed by atoms with Crippen LogP contribution < -0.4 is 0 Å². The Morgan fingerprint density at radius 3 is 2.26 bits per heavy atom. The summed E-state index contributed by atoms with van der Waals surface area (Å²) in [5, 5.41) is 0. The third-order valence-corrected chi connectivity index (χ3v) is 4.66. The predicted molar refractivity (Wildman–Crippen MR) is 85.7 cm³/mol. The van der Waals surface area contributed by atoms with Crippen LogP contribution in [0.1, 0.15) is 5.56 Å². The van der Waals surface area contributed by atoms with Crippen molar-refractivity contribution in [2.45, 2.75) is 12.6 Å². The number of nitrogens with zero attached hydrogens (tertiary/aromatic N) is 1. The molecule has 0 spiro atoms. The van der Waals surface area contributed by atoms with Gasteiger partial charge in [-0.1, -0.05) is 30.3 Å². The highest BCUT2D eigenvalue weighted by molar-refractivity contribution is 7.86. The summed E-state index contributed by atoms with van der Waals surface area (Å²) in [6, 6.07) is 9.74. The van der Waals surface area contributed by atoms with E-state index in [2.05, 4.69) is 0 Å². The van der Waals surface area contributed by atoms with Gasteiger partial charge >= 0.3 is 0 Å². The van der Waals surface area contributed by atoms with Crippen LogP contribution in [0.25, 0.3) is 0 Å². The third kappa shape index (κ3) is 6.56. The van der Waals surface area contributed by atoms with Crippen LogP contribution in [0, 0.1) is 5.92 Å². The molecule has 1 aliphatic rings. The molecule has 0 bridgehead atoms. The van der Waals surface area contributed by atoms with Crippen LogP contribution >= 0.6 is 0 Å². The average Bonchev–Trinajstić information content (AvgIpc) is 2.76. The van der Waals surface area contributed by atoms with Crippen LogP contribution in [-0.4, -0.2) is 60.0 Å². The molecule has 0 amide bonds. The van der Waals surface area contributed by atoms with Crippen LogP contribution in [0.3, 0.4) is 0 Å². The molecule has 1 aromatic rings. The van der Waals surface area contributed by atoms with Gasteiger partial charge in [0.05, 0.1) is 25.2 Å². The predicted octanol–water partition coefficient (Wildman–Crippen LogP) is 0.439. The van der Waals surface area contributed by atoms with Gasteiger partial charge in [0.2, 0.25) is 0 Å². The lowest BCUT2D eigenvalue weighted by atomic mass is 10.1. The molecule has 1 heterocycles. The molecule has 1 aromatic carbocycles. The van der Waals surface area contributed by atoms with E-state index in [1.165, 1.54) is 0 Å². The highest BCUT2D eigenvalue weighted by atomic mass is 32.2. The topological polar surface area (TPSA) is 90.0 Å². The van der Waals surface area contributed by atoms with Crippen molar-refractivity contribution in [3.8, 4) is 0 Å². The third-order valence-electron chi connectivity index (χ3n) is 3.50. The van der Waals surface area contributed by atoms with Crippen LogP contribution in [0.5, 0.6) is 0 Å². The van der Waals surface area contributed by atoms with E-state index in [-0.39, 0.29) is 12.5 Å². The Bertz CT molecular complexity index is 717. The summed E-state index contributed by atoms with van der Waals surface area (Å²) in [4.78, 5) is 2.03. The van der Waals surface area contributed by atoms with Crippen molar-refractivity contribution in [3.63, 3.8) is 0 Å². The van der Waals surface area contributed by atoms with E-state index in [1.54, 1.807) is 0 Å². The Labute approximate surface area is 137 Å². The molecule has 0 aliphatic carbocycles. The number of likely N-dealkylation sites (tertiary alicyclic amines) is 1. The van der Waals surface area contributed by atoms with E-state index in [9.17, 15) is 16.8 Å². The molecule has 0 radical (unpaired) electrons. The second-order valence-electron chi connectivity index (χ2n) is 5.77. The maximum Gasteiger partial charge on any atom is 0.264 e. The molecule has 9 heteroatoms. The fourth-order valence-electron chi connectivity index (χ4n) is 2.60. The first-order chi connectivity index (χ1) is 10.6. The Morgan fingerprint density at radius 1 is 1.04 bits per heavy atom. The smallest absolute Gasteiger partial charge is 0.264 e. The summed E-state index contributed by atoms with van der Waals surface area (Å²) in [5.74, 6) is -0.330. The Kier molecular flexibility index (Phi) is 5.79. The molecule has 0 N–H and O–H groups in total. The van der Waals surface area contributed by atoms with Crippen molar-refractivity contribution in [3.05, 3.63) is 35.9 Å². The van der Waals surface area contributed by atoms with Gasteiger partial charge in [0, 0.05) is 25.6 Å². The fourth-order valence-corrected chi connectivity index (χ4v) is 3.69. The zero-order valence-electron chi connectivity index (χ0n) is 13.1. The summed E-state index contributed by atoms with van der Waals surface area (Å²) in [6.45, 7) is 1.45. The van der Waals surface area contributed by atoms with E-state index >= 15 is 0 Å². The largest absolute Gasteiger partial charge is 0.296 e. The molecular weight excluding hydrogens is 342 g/mol. The summed E-state index contributed by atoms with van der Waals surface area (Å²) < 4.78 is 55.0. The van der Waals surface area contributed by atoms with E-state index in [0.29, 0.717) is 19.6 Å². The molecule has 130 valence electrons. The van der Waals surface area contributed by atoms with Crippen molar-refractivity contribution in [1.82, 2.24) is 4.90 Å². The second kappa shape index (κ2) is 7.27. The van der Waals surface area contributed by atoms with Crippen LogP contribution in [0.4, 0.5) is 0 Å². The van der Waals surface area contributed by atoms with Crippen molar-refractivity contribution >= 4 is 20.2 Å². The van der Waals surface area contributed by atoms with E-state index in [0.717, 1.165) is 18.1 Å². The van der Waals surface area contributed by atoms with Gasteiger partial charge < -0.3 is 0 Å². The highest BCUT2D eigenvalue weighted by Crippen LogP contribution is 2.24. The zero-order chi connectivity index (χ0) is 17.1. The van der Waals surface area contributed by atoms with Crippen LogP contribution in [-0.2, 0) is 35.1 Å². The van der Waals surface area contributed by atoms with Gasteiger partial charge in [0.25, 0.3) is 20.2 Å². The molecule has 7 nitrogen and oxygen atoms in total. The number of hydrogen-bond acceptors (Lipinski definition) is 7. The lowest BCUT2D eigenvalue weighted by Gasteiger charge is -2.16. The summed E-state index contributed by atoms with van der Waals surface area (Å²) in [5.41, 5.74) is 1.09. The molecule has 23 heavy (non-hydrogen) atoms. The lowest BCUT2D eigenvalue weighted by molar-refractivity contribution is 0.141. The maximum absolute atomic E-state index is 11.4. The zero-order valence-corrected chi connectivity index (χ0v) is 14.7. The summed E-state index contributed by atoms with van der Waals surface area (Å²) in [7, 11) is -7.20. The molecule has 1 fully saturated rings. The average molecular weight is 363 g/mol. The minimum Gasteiger partial charge on any atom is -0.296 e. The monoisotopic (exact) mass is 363 g/mol. The fraction of sp³-hybridized carbons (Fsp3) is 0.571. The second-order valence-corrected chi connectivity index (χ2v) is 9.01. The van der Waals surface area contributed by atoms with Crippen molar-refractivity contribution < 1.29 is 25.2 Å². The van der Waals surface area contributed by atoms with Gasteiger partial charge in [-0.05, 0) is 5.56 Å². The van der Waals surface area contributed by atoms with Gasteiger partial charge in [-0.2, -0.15) is 16.8 Å². The SMILES string of the molecule is CS(=O)(=O)OCC1CN(Cc2ccccc2)C[C@H]1OS(C)(=O)=O.